The number of hydrogen-bond acceptors (Lipinski definition) is 4. The minimum absolute atomic E-state index is 0. The first-order valence-corrected chi connectivity index (χ1v) is 6.29. The standard InChI is InChI=1S/C13H18O4.3CO.Fe/c1-4-6-7-8-13(12(15)17-5-2)9-10(13)11(14)16-3;3*1-2;/h4,6-8,10H,5,9H2,1-3H3;;;;/b6-4+,8-7+;;;;/t10-,13+;;;;/m0..../s1. The SMILES string of the molecule is C/C=C/C=C/[C@@]1(C(=O)OCC)C[C@H]1C(=O)OC.[C-]#[O+].[C-]#[O+].[C-]#[O+].[Fe]. The molecule has 1 rings (SSSR count). The van der Waals surface area contributed by atoms with Gasteiger partial charge in [-0.2, -0.15) is 0 Å². The average Bonchev–Trinajstić information content (AvgIpc) is 3.36. The third kappa shape index (κ3) is 9.33. The fraction of sp³-hybridized carbons (Fsp3) is 0.438. The van der Waals surface area contributed by atoms with Gasteiger partial charge in [-0.1, -0.05) is 24.3 Å². The van der Waals surface area contributed by atoms with Gasteiger partial charge >= 0.3 is 45.8 Å². The van der Waals surface area contributed by atoms with Crippen LogP contribution in [0.4, 0.5) is 0 Å². The van der Waals surface area contributed by atoms with Gasteiger partial charge in [0.05, 0.1) is 19.6 Å². The molecule has 1 saturated carbocycles. The van der Waals surface area contributed by atoms with E-state index in [1.54, 1.807) is 19.1 Å². The van der Waals surface area contributed by atoms with Crippen LogP contribution in [0.2, 0.25) is 0 Å². The Bertz CT molecular complexity index is 462. The van der Waals surface area contributed by atoms with Crippen molar-refractivity contribution in [1.29, 1.82) is 0 Å². The van der Waals surface area contributed by atoms with E-state index in [4.69, 9.17) is 18.7 Å². The molecular weight excluding hydrogens is 360 g/mol. The largest absolute Gasteiger partial charge is 0 e. The molecule has 0 heterocycles. The molecule has 1 fully saturated rings. The second kappa shape index (κ2) is 19.2. The maximum Gasteiger partial charge on any atom is 0 e. The van der Waals surface area contributed by atoms with Crippen molar-refractivity contribution in [3.63, 3.8) is 0 Å². The molecule has 0 spiro atoms. The van der Waals surface area contributed by atoms with Crippen molar-refractivity contribution in [2.45, 2.75) is 20.3 Å². The van der Waals surface area contributed by atoms with Gasteiger partial charge < -0.3 is 9.47 Å². The smallest absolute Gasteiger partial charge is 0 e. The molecule has 0 radical (unpaired) electrons. The number of rotatable bonds is 5. The first-order chi connectivity index (χ1) is 11.1. The summed E-state index contributed by atoms with van der Waals surface area (Å²) in [6, 6.07) is 0. The van der Waals surface area contributed by atoms with Crippen LogP contribution in [0.25, 0.3) is 0 Å². The molecule has 1 aliphatic rings. The molecule has 7 nitrogen and oxygen atoms in total. The summed E-state index contributed by atoms with van der Waals surface area (Å²) in [6.07, 6.45) is 7.62. The molecule has 132 valence electrons. The van der Waals surface area contributed by atoms with Crippen molar-refractivity contribution in [2.75, 3.05) is 13.7 Å². The van der Waals surface area contributed by atoms with Crippen molar-refractivity contribution >= 4 is 11.9 Å². The third-order valence-corrected chi connectivity index (χ3v) is 2.84. The van der Waals surface area contributed by atoms with Crippen LogP contribution in [0.15, 0.2) is 24.3 Å². The fourth-order valence-electron chi connectivity index (χ4n) is 1.80. The van der Waals surface area contributed by atoms with Gasteiger partial charge in [-0.3, -0.25) is 9.59 Å². The average molecular weight is 378 g/mol. The number of carbonyl (C=O) groups excluding carboxylic acids is 2. The minimum atomic E-state index is -0.817. The quantitative estimate of drug-likeness (QED) is 0.238. The van der Waals surface area contributed by atoms with E-state index in [0.29, 0.717) is 13.0 Å². The number of ether oxygens (including phenoxy) is 2. The van der Waals surface area contributed by atoms with Crippen LogP contribution in [-0.2, 0) is 50.1 Å². The van der Waals surface area contributed by atoms with Gasteiger partial charge in [0, 0.05) is 17.1 Å². The van der Waals surface area contributed by atoms with Crippen LogP contribution >= 0.6 is 0 Å². The molecule has 8 heteroatoms. The Kier molecular flexibility index (Phi) is 24.1. The maximum atomic E-state index is 11.8. The molecule has 0 amide bonds. The maximum absolute atomic E-state index is 11.8. The molecule has 0 aliphatic heterocycles. The molecule has 1 aliphatic carbocycles. The molecule has 2 atom stereocenters. The third-order valence-electron chi connectivity index (χ3n) is 2.84. The number of allylic oxidation sites excluding steroid dienone is 3. The summed E-state index contributed by atoms with van der Waals surface area (Å²) in [5.74, 6) is -1.12. The van der Waals surface area contributed by atoms with E-state index in [2.05, 4.69) is 24.7 Å². The number of hydrogen-bond donors (Lipinski definition) is 0. The summed E-state index contributed by atoms with van der Waals surface area (Å²) in [7, 11) is 1.33. The van der Waals surface area contributed by atoms with E-state index in [-0.39, 0.29) is 29.0 Å². The van der Waals surface area contributed by atoms with Crippen molar-refractivity contribution in [3.8, 4) is 0 Å². The van der Waals surface area contributed by atoms with E-state index < -0.39 is 11.3 Å². The molecule has 0 aromatic rings. The van der Waals surface area contributed by atoms with Crippen molar-refractivity contribution in [3.05, 3.63) is 44.3 Å². The minimum Gasteiger partial charge on any atom is 0 e. The molecule has 0 N–H and O–H groups in total. The van der Waals surface area contributed by atoms with E-state index in [1.165, 1.54) is 7.11 Å². The van der Waals surface area contributed by atoms with Gasteiger partial charge in [0.2, 0.25) is 0 Å². The van der Waals surface area contributed by atoms with Gasteiger partial charge in [0.25, 0.3) is 0 Å². The zero-order chi connectivity index (χ0) is 18.9. The number of esters is 2. The van der Waals surface area contributed by atoms with Crippen LogP contribution in [0.5, 0.6) is 0 Å². The van der Waals surface area contributed by atoms with Crippen LogP contribution in [0.1, 0.15) is 20.3 Å². The van der Waals surface area contributed by atoms with Gasteiger partial charge in [-0.15, -0.1) is 0 Å². The van der Waals surface area contributed by atoms with Gasteiger partial charge in [0.15, 0.2) is 0 Å². The van der Waals surface area contributed by atoms with Crippen LogP contribution < -0.4 is 0 Å². The van der Waals surface area contributed by atoms with E-state index >= 15 is 0 Å². The van der Waals surface area contributed by atoms with Crippen molar-refractivity contribution in [1.82, 2.24) is 0 Å². The number of methoxy groups -OCH3 is 1. The summed E-state index contributed by atoms with van der Waals surface area (Å²) in [5.41, 5.74) is -0.817. The molecular formula is C16H18FeO7. The van der Waals surface area contributed by atoms with Crippen molar-refractivity contribution in [2.24, 2.45) is 11.3 Å². The second-order valence-electron chi connectivity index (χ2n) is 3.93. The predicted molar refractivity (Wildman–Crippen MR) is 74.9 cm³/mol. The Balaban J connectivity index is -0.000000256. The number of carbonyl (C=O) groups is 2. The predicted octanol–water partition coefficient (Wildman–Crippen LogP) is 1.75. The zero-order valence-corrected chi connectivity index (χ0v) is 14.6. The summed E-state index contributed by atoms with van der Waals surface area (Å²) >= 11 is 0. The summed E-state index contributed by atoms with van der Waals surface area (Å²) in [5, 5.41) is 0. The molecule has 0 bridgehead atoms. The van der Waals surface area contributed by atoms with E-state index in [9.17, 15) is 9.59 Å². The zero-order valence-electron chi connectivity index (χ0n) is 13.5. The summed E-state index contributed by atoms with van der Waals surface area (Å²) < 4.78 is 32.2. The molecule has 0 aromatic carbocycles. The van der Waals surface area contributed by atoms with Gasteiger partial charge in [0.1, 0.15) is 5.41 Å². The first kappa shape index (κ1) is 30.1. The van der Waals surface area contributed by atoms with E-state index in [0.717, 1.165) is 0 Å². The van der Waals surface area contributed by atoms with Gasteiger partial charge in [-0.05, 0) is 20.3 Å². The van der Waals surface area contributed by atoms with Crippen LogP contribution in [0, 0.1) is 31.3 Å². The molecule has 0 aromatic heterocycles. The fourth-order valence-corrected chi connectivity index (χ4v) is 1.80. The van der Waals surface area contributed by atoms with Gasteiger partial charge in [-0.25, -0.2) is 0 Å². The van der Waals surface area contributed by atoms with Crippen LogP contribution in [0.3, 0.4) is 0 Å². The van der Waals surface area contributed by atoms with Crippen molar-refractivity contribution < 1.29 is 50.1 Å². The Labute approximate surface area is 152 Å². The van der Waals surface area contributed by atoms with E-state index in [1.807, 2.05) is 19.1 Å². The monoisotopic (exact) mass is 378 g/mol. The Hall–Kier alpha value is -1.84. The second-order valence-corrected chi connectivity index (χ2v) is 3.93. The Morgan fingerprint density at radius 1 is 1.17 bits per heavy atom. The molecule has 24 heavy (non-hydrogen) atoms. The summed E-state index contributed by atoms with van der Waals surface area (Å²) in [4.78, 5) is 23.3. The topological polar surface area (TPSA) is 112 Å². The Morgan fingerprint density at radius 3 is 2.04 bits per heavy atom. The molecule has 0 unspecified atom stereocenters. The molecule has 0 saturated heterocycles. The first-order valence-electron chi connectivity index (χ1n) is 6.29. The normalized spacial score (nSPS) is 19.6. The Morgan fingerprint density at radius 2 is 1.67 bits per heavy atom. The van der Waals surface area contributed by atoms with Crippen LogP contribution in [-0.4, -0.2) is 25.7 Å². The summed E-state index contributed by atoms with van der Waals surface area (Å²) in [6.45, 7) is 17.4.